The summed E-state index contributed by atoms with van der Waals surface area (Å²) in [6.45, 7) is 0. The minimum absolute atomic E-state index is 0.213. The first-order valence-electron chi connectivity index (χ1n) is 7.38. The van der Waals surface area contributed by atoms with Crippen LogP contribution in [0.25, 0.3) is 0 Å². The predicted octanol–water partition coefficient (Wildman–Crippen LogP) is 2.42. The molecular formula is C16H24N2O2S. The SMILES string of the molecule is CNC1(C(N)=O)CCCC1CCSc1ccccc1OC. The van der Waals surface area contributed by atoms with Crippen LogP contribution in [0.3, 0.4) is 0 Å². The second-order valence-corrected chi connectivity index (χ2v) is 6.60. The van der Waals surface area contributed by atoms with Gasteiger partial charge in [-0.1, -0.05) is 18.6 Å². The van der Waals surface area contributed by atoms with E-state index >= 15 is 0 Å². The summed E-state index contributed by atoms with van der Waals surface area (Å²) in [6.07, 6.45) is 3.96. The largest absolute Gasteiger partial charge is 0.496 e. The zero-order valence-corrected chi connectivity index (χ0v) is 13.5. The predicted molar refractivity (Wildman–Crippen MR) is 86.7 cm³/mol. The quantitative estimate of drug-likeness (QED) is 0.759. The number of para-hydroxylation sites is 1. The van der Waals surface area contributed by atoms with Crippen LogP contribution in [0.2, 0.25) is 0 Å². The van der Waals surface area contributed by atoms with Crippen LogP contribution >= 0.6 is 11.8 Å². The third kappa shape index (κ3) is 3.35. The van der Waals surface area contributed by atoms with Crippen LogP contribution in [-0.4, -0.2) is 31.4 Å². The Morgan fingerprint density at radius 1 is 1.52 bits per heavy atom. The Kier molecular flexibility index (Phi) is 5.53. The van der Waals surface area contributed by atoms with Crippen LogP contribution in [0, 0.1) is 5.92 Å². The molecule has 1 saturated carbocycles. The van der Waals surface area contributed by atoms with Crippen molar-refractivity contribution in [3.05, 3.63) is 24.3 Å². The normalized spacial score (nSPS) is 25.0. The molecule has 4 nitrogen and oxygen atoms in total. The monoisotopic (exact) mass is 308 g/mol. The molecule has 1 aliphatic carbocycles. The Balaban J connectivity index is 1.95. The molecule has 2 unspecified atom stereocenters. The highest BCUT2D eigenvalue weighted by molar-refractivity contribution is 7.99. The van der Waals surface area contributed by atoms with Crippen LogP contribution in [0.1, 0.15) is 25.7 Å². The zero-order valence-electron chi connectivity index (χ0n) is 12.7. The van der Waals surface area contributed by atoms with Crippen molar-refractivity contribution < 1.29 is 9.53 Å². The number of carbonyl (C=O) groups excluding carboxylic acids is 1. The van der Waals surface area contributed by atoms with Crippen molar-refractivity contribution in [1.82, 2.24) is 5.32 Å². The molecule has 1 fully saturated rings. The molecule has 116 valence electrons. The maximum Gasteiger partial charge on any atom is 0.238 e. The molecule has 0 aliphatic heterocycles. The molecule has 3 N–H and O–H groups in total. The topological polar surface area (TPSA) is 64.3 Å². The number of ether oxygens (including phenoxy) is 1. The highest BCUT2D eigenvalue weighted by Crippen LogP contribution is 2.39. The van der Waals surface area contributed by atoms with E-state index in [2.05, 4.69) is 11.4 Å². The van der Waals surface area contributed by atoms with E-state index in [0.717, 1.165) is 42.1 Å². The molecule has 1 aromatic carbocycles. The molecule has 2 rings (SSSR count). The number of methoxy groups -OCH3 is 1. The lowest BCUT2D eigenvalue weighted by atomic mass is 9.84. The number of likely N-dealkylation sites (N-methyl/N-ethyl adjacent to an activating group) is 1. The second-order valence-electron chi connectivity index (χ2n) is 5.46. The third-order valence-corrected chi connectivity index (χ3v) is 5.59. The highest BCUT2D eigenvalue weighted by Gasteiger charge is 2.45. The Labute approximate surface area is 130 Å². The fourth-order valence-electron chi connectivity index (χ4n) is 3.29. The number of hydrogen-bond donors (Lipinski definition) is 2. The molecule has 1 aromatic rings. The number of carbonyl (C=O) groups is 1. The van der Waals surface area contributed by atoms with E-state index in [-0.39, 0.29) is 5.91 Å². The van der Waals surface area contributed by atoms with Crippen LogP contribution < -0.4 is 15.8 Å². The smallest absolute Gasteiger partial charge is 0.238 e. The Hall–Kier alpha value is -1.20. The van der Waals surface area contributed by atoms with Crippen LogP contribution in [0.5, 0.6) is 5.75 Å². The molecule has 2 atom stereocenters. The van der Waals surface area contributed by atoms with Crippen molar-refractivity contribution in [2.45, 2.75) is 36.1 Å². The molecule has 0 radical (unpaired) electrons. The number of nitrogens with one attached hydrogen (secondary N) is 1. The summed E-state index contributed by atoms with van der Waals surface area (Å²) in [5.41, 5.74) is 5.12. The molecule has 5 heteroatoms. The van der Waals surface area contributed by atoms with E-state index in [1.54, 1.807) is 18.9 Å². The van der Waals surface area contributed by atoms with Gasteiger partial charge in [-0.15, -0.1) is 11.8 Å². The van der Waals surface area contributed by atoms with Gasteiger partial charge in [0.25, 0.3) is 0 Å². The van der Waals surface area contributed by atoms with Gasteiger partial charge in [0.15, 0.2) is 0 Å². The molecule has 1 amide bonds. The maximum absolute atomic E-state index is 11.8. The number of hydrogen-bond acceptors (Lipinski definition) is 4. The van der Waals surface area contributed by atoms with Gasteiger partial charge in [0.2, 0.25) is 5.91 Å². The van der Waals surface area contributed by atoms with Gasteiger partial charge in [-0.25, -0.2) is 0 Å². The zero-order chi connectivity index (χ0) is 15.3. The Bertz CT molecular complexity index is 495. The van der Waals surface area contributed by atoms with Gasteiger partial charge in [0.1, 0.15) is 11.3 Å². The number of nitrogens with two attached hydrogens (primary N) is 1. The average molecular weight is 308 g/mol. The van der Waals surface area contributed by atoms with Crippen molar-refractivity contribution in [2.75, 3.05) is 19.9 Å². The molecule has 1 aliphatic rings. The van der Waals surface area contributed by atoms with E-state index in [9.17, 15) is 4.79 Å². The summed E-state index contributed by atoms with van der Waals surface area (Å²) in [5, 5.41) is 3.19. The number of amides is 1. The second kappa shape index (κ2) is 7.18. The van der Waals surface area contributed by atoms with E-state index < -0.39 is 5.54 Å². The summed E-state index contributed by atoms with van der Waals surface area (Å²) < 4.78 is 5.36. The van der Waals surface area contributed by atoms with Crippen LogP contribution in [-0.2, 0) is 4.79 Å². The lowest BCUT2D eigenvalue weighted by Gasteiger charge is -2.32. The molecule has 0 spiro atoms. The highest BCUT2D eigenvalue weighted by atomic mass is 32.2. The molecule has 0 heterocycles. The molecule has 0 aromatic heterocycles. The fourth-order valence-corrected chi connectivity index (χ4v) is 4.39. The van der Waals surface area contributed by atoms with Gasteiger partial charge in [-0.05, 0) is 50.1 Å². The first-order chi connectivity index (χ1) is 10.1. The van der Waals surface area contributed by atoms with Crippen molar-refractivity contribution in [3.63, 3.8) is 0 Å². The first kappa shape index (κ1) is 16.2. The van der Waals surface area contributed by atoms with Crippen molar-refractivity contribution in [2.24, 2.45) is 11.7 Å². The minimum atomic E-state index is -0.513. The maximum atomic E-state index is 11.8. The van der Waals surface area contributed by atoms with Gasteiger partial charge in [0, 0.05) is 4.90 Å². The molecular weight excluding hydrogens is 284 g/mol. The van der Waals surface area contributed by atoms with Gasteiger partial charge in [-0.3, -0.25) is 4.79 Å². The molecule has 21 heavy (non-hydrogen) atoms. The van der Waals surface area contributed by atoms with Crippen molar-refractivity contribution in [1.29, 1.82) is 0 Å². The van der Waals surface area contributed by atoms with Crippen LogP contribution in [0.15, 0.2) is 29.2 Å². The number of rotatable bonds is 7. The van der Waals surface area contributed by atoms with E-state index in [1.165, 1.54) is 0 Å². The van der Waals surface area contributed by atoms with Crippen molar-refractivity contribution in [3.8, 4) is 5.75 Å². The summed E-state index contributed by atoms with van der Waals surface area (Å²) >= 11 is 1.78. The molecule has 0 saturated heterocycles. The van der Waals surface area contributed by atoms with Crippen molar-refractivity contribution >= 4 is 17.7 Å². The molecule has 0 bridgehead atoms. The standard InChI is InChI=1S/C16H24N2O2S/c1-18-16(15(17)19)10-5-6-12(16)9-11-21-14-8-4-3-7-13(14)20-2/h3-4,7-8,12,18H,5-6,9-11H2,1-2H3,(H2,17,19). The summed E-state index contributed by atoms with van der Waals surface area (Å²) in [4.78, 5) is 13.0. The Morgan fingerprint density at radius 3 is 2.95 bits per heavy atom. The lowest BCUT2D eigenvalue weighted by Crippen LogP contribution is -2.56. The van der Waals surface area contributed by atoms with Gasteiger partial charge < -0.3 is 15.8 Å². The first-order valence-corrected chi connectivity index (χ1v) is 8.37. The van der Waals surface area contributed by atoms with Gasteiger partial charge in [0.05, 0.1) is 7.11 Å². The van der Waals surface area contributed by atoms with Gasteiger partial charge >= 0.3 is 0 Å². The van der Waals surface area contributed by atoms with E-state index in [0.29, 0.717) is 5.92 Å². The van der Waals surface area contributed by atoms with E-state index in [1.807, 2.05) is 25.2 Å². The number of thioether (sulfide) groups is 1. The minimum Gasteiger partial charge on any atom is -0.496 e. The Morgan fingerprint density at radius 2 is 2.29 bits per heavy atom. The fraction of sp³-hybridized carbons (Fsp3) is 0.562. The van der Waals surface area contributed by atoms with Crippen LogP contribution in [0.4, 0.5) is 0 Å². The third-order valence-electron chi connectivity index (χ3n) is 4.50. The van der Waals surface area contributed by atoms with E-state index in [4.69, 9.17) is 10.5 Å². The number of primary amides is 1. The average Bonchev–Trinajstić information content (AvgIpc) is 2.92. The summed E-state index contributed by atoms with van der Waals surface area (Å²) in [6, 6.07) is 8.03. The lowest BCUT2D eigenvalue weighted by molar-refractivity contribution is -0.125. The van der Waals surface area contributed by atoms with Gasteiger partial charge in [-0.2, -0.15) is 0 Å². The summed E-state index contributed by atoms with van der Waals surface area (Å²) in [7, 11) is 3.53. The number of benzene rings is 1. The summed E-state index contributed by atoms with van der Waals surface area (Å²) in [5.74, 6) is 1.97.